The average Bonchev–Trinajstić information content (AvgIpc) is 3.30. The molecule has 1 aromatic heterocycles. The van der Waals surface area contributed by atoms with E-state index < -0.39 is 5.92 Å². The molecule has 2 aliphatic heterocycles. The first-order chi connectivity index (χ1) is 13.1. The van der Waals surface area contributed by atoms with Gasteiger partial charge in [0, 0.05) is 34.0 Å². The Labute approximate surface area is 164 Å². The molecule has 27 heavy (non-hydrogen) atoms. The maximum absolute atomic E-state index is 13.2. The van der Waals surface area contributed by atoms with Crippen molar-refractivity contribution in [3.05, 3.63) is 62.8 Å². The molecule has 2 unspecified atom stereocenters. The number of amides is 1. The van der Waals surface area contributed by atoms with Crippen LogP contribution in [0.2, 0.25) is 5.02 Å². The molecule has 134 valence electrons. The highest BCUT2D eigenvalue weighted by Crippen LogP contribution is 2.43. The van der Waals surface area contributed by atoms with Gasteiger partial charge in [-0.05, 0) is 41.6 Å². The lowest BCUT2D eigenvalue weighted by molar-refractivity contribution is -0.119. The number of halogens is 1. The largest absolute Gasteiger partial charge is 0.294 e. The lowest BCUT2D eigenvalue weighted by Gasteiger charge is -2.29. The van der Waals surface area contributed by atoms with Crippen LogP contribution in [-0.4, -0.2) is 23.7 Å². The third-order valence-corrected chi connectivity index (χ3v) is 6.40. The molecule has 0 saturated heterocycles. The van der Waals surface area contributed by atoms with E-state index in [0.717, 1.165) is 5.57 Å². The zero-order valence-electron chi connectivity index (χ0n) is 14.1. The van der Waals surface area contributed by atoms with Crippen molar-refractivity contribution in [3.8, 4) is 0 Å². The van der Waals surface area contributed by atoms with Gasteiger partial charge in [-0.1, -0.05) is 23.7 Å². The highest BCUT2D eigenvalue weighted by molar-refractivity contribution is 7.10. The minimum absolute atomic E-state index is 0.0476. The number of benzene rings is 1. The van der Waals surface area contributed by atoms with E-state index in [2.05, 4.69) is 16.2 Å². The minimum Gasteiger partial charge on any atom is -0.294 e. The van der Waals surface area contributed by atoms with Gasteiger partial charge in [-0.3, -0.25) is 9.59 Å². The van der Waals surface area contributed by atoms with E-state index >= 15 is 0 Å². The second-order valence-corrected chi connectivity index (χ2v) is 8.18. The number of Topliss-reactive ketones (excluding diaryl/α,β-unsaturated/α-hetero) is 1. The molecule has 0 fully saturated rings. The van der Waals surface area contributed by atoms with Gasteiger partial charge >= 0.3 is 0 Å². The number of amidine groups is 1. The second kappa shape index (κ2) is 6.25. The number of nitrogens with zero attached hydrogens (tertiary/aromatic N) is 3. The molecule has 2 atom stereocenters. The van der Waals surface area contributed by atoms with Crippen LogP contribution in [0.15, 0.2) is 63.0 Å². The van der Waals surface area contributed by atoms with Crippen LogP contribution in [0.5, 0.6) is 0 Å². The topological polar surface area (TPSA) is 62.1 Å². The summed E-state index contributed by atoms with van der Waals surface area (Å²) < 4.78 is 0. The second-order valence-electron chi connectivity index (χ2n) is 6.76. The van der Waals surface area contributed by atoms with Crippen LogP contribution in [0.4, 0.5) is 5.69 Å². The van der Waals surface area contributed by atoms with Gasteiger partial charge in [0.1, 0.15) is 5.92 Å². The van der Waals surface area contributed by atoms with E-state index in [1.165, 1.54) is 9.89 Å². The number of hydrogen-bond donors (Lipinski definition) is 0. The summed E-state index contributed by atoms with van der Waals surface area (Å²) in [5.74, 6) is -0.172. The molecule has 0 bridgehead atoms. The fourth-order valence-electron chi connectivity index (χ4n) is 3.88. The van der Waals surface area contributed by atoms with Gasteiger partial charge in [0.05, 0.1) is 5.69 Å². The van der Waals surface area contributed by atoms with Crippen LogP contribution in [0.1, 0.15) is 23.6 Å². The van der Waals surface area contributed by atoms with Crippen LogP contribution >= 0.6 is 22.9 Å². The standard InChI is InChI=1S/C20H14ClN3O2S/c21-12-3-1-4-13(9-12)24-20(26)18-14-7-11(17-5-2-6-27-17)8-16(25)15(14)10-22-19(18)23-24/h1-6,9-11,18H,7-8H2. The maximum Gasteiger partial charge on any atom is 0.262 e. The first kappa shape index (κ1) is 16.6. The van der Waals surface area contributed by atoms with Gasteiger partial charge in [-0.15, -0.1) is 16.4 Å². The molecule has 3 heterocycles. The van der Waals surface area contributed by atoms with Crippen molar-refractivity contribution in [1.29, 1.82) is 0 Å². The third kappa shape index (κ3) is 2.67. The third-order valence-electron chi connectivity index (χ3n) is 5.13. The number of aliphatic imine (C=N–C) groups is 1. The van der Waals surface area contributed by atoms with E-state index in [0.29, 0.717) is 35.0 Å². The fourth-order valence-corrected chi connectivity index (χ4v) is 4.90. The summed E-state index contributed by atoms with van der Waals surface area (Å²) in [6, 6.07) is 11.0. The number of ketones is 1. The van der Waals surface area contributed by atoms with E-state index in [9.17, 15) is 9.59 Å². The molecule has 1 aliphatic carbocycles. The summed E-state index contributed by atoms with van der Waals surface area (Å²) in [6.45, 7) is 0. The van der Waals surface area contributed by atoms with Crippen molar-refractivity contribution in [1.82, 2.24) is 0 Å². The zero-order valence-corrected chi connectivity index (χ0v) is 15.7. The molecule has 2 aromatic rings. The summed E-state index contributed by atoms with van der Waals surface area (Å²) in [5.41, 5.74) is 2.02. The lowest BCUT2D eigenvalue weighted by Crippen LogP contribution is -2.34. The van der Waals surface area contributed by atoms with Gasteiger partial charge < -0.3 is 0 Å². The van der Waals surface area contributed by atoms with Crippen LogP contribution < -0.4 is 5.01 Å². The Morgan fingerprint density at radius 3 is 2.81 bits per heavy atom. The van der Waals surface area contributed by atoms with Crippen molar-refractivity contribution in [3.63, 3.8) is 0 Å². The highest BCUT2D eigenvalue weighted by atomic mass is 35.5. The molecule has 7 heteroatoms. The van der Waals surface area contributed by atoms with Gasteiger partial charge in [0.15, 0.2) is 11.6 Å². The molecular weight excluding hydrogens is 382 g/mol. The van der Waals surface area contributed by atoms with Crippen LogP contribution in [0, 0.1) is 5.92 Å². The predicted molar refractivity (Wildman–Crippen MR) is 107 cm³/mol. The Morgan fingerprint density at radius 2 is 2.04 bits per heavy atom. The van der Waals surface area contributed by atoms with E-state index in [-0.39, 0.29) is 17.6 Å². The quantitative estimate of drug-likeness (QED) is 0.764. The molecule has 0 saturated carbocycles. The summed E-state index contributed by atoms with van der Waals surface area (Å²) >= 11 is 7.71. The smallest absolute Gasteiger partial charge is 0.262 e. The predicted octanol–water partition coefficient (Wildman–Crippen LogP) is 4.21. The number of carbonyl (C=O) groups excluding carboxylic acids is 2. The molecular formula is C20H14ClN3O2S. The first-order valence-corrected chi connectivity index (χ1v) is 9.89. The number of hydrogen-bond acceptors (Lipinski definition) is 5. The molecule has 5 nitrogen and oxygen atoms in total. The molecule has 0 spiro atoms. The monoisotopic (exact) mass is 395 g/mol. The Morgan fingerprint density at radius 1 is 1.15 bits per heavy atom. The normalized spacial score (nSPS) is 24.2. The fraction of sp³-hybridized carbons (Fsp3) is 0.200. The molecule has 5 rings (SSSR count). The summed E-state index contributed by atoms with van der Waals surface area (Å²) in [7, 11) is 0. The van der Waals surface area contributed by atoms with Gasteiger partial charge in [0.2, 0.25) is 0 Å². The SMILES string of the molecule is O=C1CC(c2cccs2)CC2=C1C=NC1=NN(c3cccc(Cl)c3)C(=O)C12. The summed E-state index contributed by atoms with van der Waals surface area (Å²) in [5, 5.41) is 8.30. The number of rotatable bonds is 2. The van der Waals surface area contributed by atoms with E-state index in [1.807, 2.05) is 11.4 Å². The van der Waals surface area contributed by atoms with Crippen molar-refractivity contribution in [2.45, 2.75) is 18.8 Å². The van der Waals surface area contributed by atoms with Gasteiger partial charge in [-0.2, -0.15) is 5.01 Å². The van der Waals surface area contributed by atoms with Crippen molar-refractivity contribution >= 4 is 52.4 Å². The number of thiophene rings is 1. The average molecular weight is 396 g/mol. The minimum atomic E-state index is -0.587. The van der Waals surface area contributed by atoms with E-state index in [1.54, 1.807) is 41.8 Å². The number of hydrazone groups is 1. The van der Waals surface area contributed by atoms with Crippen molar-refractivity contribution < 1.29 is 9.59 Å². The first-order valence-electron chi connectivity index (χ1n) is 8.63. The number of dihydropyridines is 1. The van der Waals surface area contributed by atoms with Gasteiger partial charge in [0.25, 0.3) is 5.91 Å². The molecule has 0 radical (unpaired) electrons. The number of carbonyl (C=O) groups is 2. The van der Waals surface area contributed by atoms with Crippen LogP contribution in [0.3, 0.4) is 0 Å². The zero-order chi connectivity index (χ0) is 18.5. The highest BCUT2D eigenvalue weighted by Gasteiger charge is 2.45. The Balaban J connectivity index is 1.52. The Kier molecular flexibility index (Phi) is 3.84. The number of fused-ring (bicyclic) bond motifs is 2. The number of anilines is 1. The molecule has 1 amide bonds. The Hall–Kier alpha value is -2.57. The maximum atomic E-state index is 13.2. The molecule has 3 aliphatic rings. The van der Waals surface area contributed by atoms with Crippen molar-refractivity contribution in [2.75, 3.05) is 5.01 Å². The van der Waals surface area contributed by atoms with Gasteiger partial charge in [-0.25, -0.2) is 4.99 Å². The summed E-state index contributed by atoms with van der Waals surface area (Å²) in [6.07, 6.45) is 2.70. The van der Waals surface area contributed by atoms with Crippen molar-refractivity contribution in [2.24, 2.45) is 16.0 Å². The number of allylic oxidation sites excluding steroid dienone is 1. The van der Waals surface area contributed by atoms with Crippen LogP contribution in [0.25, 0.3) is 0 Å². The van der Waals surface area contributed by atoms with Crippen LogP contribution in [-0.2, 0) is 9.59 Å². The lowest BCUT2D eigenvalue weighted by atomic mass is 9.76. The molecule has 1 aromatic carbocycles. The van der Waals surface area contributed by atoms with E-state index in [4.69, 9.17) is 11.6 Å². The molecule has 0 N–H and O–H groups in total. The Bertz CT molecular complexity index is 1050. The summed E-state index contributed by atoms with van der Waals surface area (Å²) in [4.78, 5) is 31.3.